The molecule has 10 nitrogen and oxygen atoms in total. The number of amides is 1. The first kappa shape index (κ1) is 20.9. The Labute approximate surface area is 179 Å². The van der Waals surface area contributed by atoms with E-state index in [1.807, 2.05) is 12.1 Å². The maximum absolute atomic E-state index is 13.1. The monoisotopic (exact) mass is 442 g/mol. The lowest BCUT2D eigenvalue weighted by Crippen LogP contribution is -2.41. The molecule has 0 atom stereocenters. The molecule has 2 heterocycles. The minimum Gasteiger partial charge on any atom is -0.495 e. The van der Waals surface area contributed by atoms with Gasteiger partial charge < -0.3 is 10.1 Å². The zero-order chi connectivity index (χ0) is 21.8. The van der Waals surface area contributed by atoms with E-state index in [-0.39, 0.29) is 29.8 Å². The predicted octanol–water partition coefficient (Wildman–Crippen LogP) is 1.71. The molecule has 2 aromatic carbocycles. The third-order valence-electron chi connectivity index (χ3n) is 5.26. The summed E-state index contributed by atoms with van der Waals surface area (Å²) in [6.45, 7) is 0.531. The van der Waals surface area contributed by atoms with Gasteiger partial charge in [-0.3, -0.25) is 4.79 Å². The Morgan fingerprint density at radius 1 is 1.13 bits per heavy atom. The second-order valence-electron chi connectivity index (χ2n) is 7.12. The number of hydrogen-bond acceptors (Lipinski definition) is 7. The lowest BCUT2D eigenvalue weighted by Gasteiger charge is -2.30. The van der Waals surface area contributed by atoms with E-state index in [1.54, 1.807) is 37.4 Å². The first-order valence-corrected chi connectivity index (χ1v) is 11.2. The summed E-state index contributed by atoms with van der Waals surface area (Å²) < 4.78 is 34.3. The molecular formula is C20H22N6O4S. The highest BCUT2D eigenvalue weighted by Crippen LogP contribution is 2.28. The highest BCUT2D eigenvalue weighted by molar-refractivity contribution is 7.89. The number of hydrogen-bond donors (Lipinski definition) is 1. The number of carbonyl (C=O) groups excluding carboxylic acids is 1. The van der Waals surface area contributed by atoms with Crippen molar-refractivity contribution in [3.8, 4) is 11.4 Å². The fourth-order valence-corrected chi connectivity index (χ4v) is 5.07. The van der Waals surface area contributed by atoms with Gasteiger partial charge in [0.25, 0.3) is 0 Å². The van der Waals surface area contributed by atoms with Crippen LogP contribution in [-0.2, 0) is 14.8 Å². The van der Waals surface area contributed by atoms with E-state index in [1.165, 1.54) is 21.4 Å². The maximum atomic E-state index is 13.1. The van der Waals surface area contributed by atoms with Gasteiger partial charge in [0.1, 0.15) is 12.1 Å². The standard InChI is InChI=1S/C20H22N6O4S/c1-30-19-8-3-2-7-18(19)22-20(27)15-9-11-25(12-10-15)31(28,29)17-6-4-5-16(13-17)26-14-21-23-24-26/h2-8,13-15H,9-12H2,1H3,(H,22,27). The highest BCUT2D eigenvalue weighted by Gasteiger charge is 2.32. The second kappa shape index (κ2) is 8.82. The summed E-state index contributed by atoms with van der Waals surface area (Å²) in [5.74, 6) is 0.171. The molecule has 1 aliphatic heterocycles. The summed E-state index contributed by atoms with van der Waals surface area (Å²) in [6.07, 6.45) is 2.28. The molecule has 1 fully saturated rings. The number of para-hydroxylation sites is 2. The molecule has 1 amide bonds. The number of anilines is 1. The van der Waals surface area contributed by atoms with Crippen LogP contribution in [0, 0.1) is 5.92 Å². The van der Waals surface area contributed by atoms with Crippen LogP contribution >= 0.6 is 0 Å². The summed E-state index contributed by atoms with van der Waals surface area (Å²) in [6, 6.07) is 13.6. The Bertz CT molecular complexity index is 1160. The molecule has 1 aromatic heterocycles. The number of methoxy groups -OCH3 is 1. The average Bonchev–Trinajstić information content (AvgIpc) is 3.35. The van der Waals surface area contributed by atoms with Crippen LogP contribution in [0.25, 0.3) is 5.69 Å². The normalized spacial score (nSPS) is 15.5. The highest BCUT2D eigenvalue weighted by atomic mass is 32.2. The maximum Gasteiger partial charge on any atom is 0.243 e. The first-order valence-electron chi connectivity index (χ1n) is 9.76. The van der Waals surface area contributed by atoms with Gasteiger partial charge in [-0.15, -0.1) is 5.10 Å². The van der Waals surface area contributed by atoms with Crippen molar-refractivity contribution in [2.24, 2.45) is 5.92 Å². The molecule has 4 rings (SSSR count). The number of rotatable bonds is 6. The Balaban J connectivity index is 1.42. The van der Waals surface area contributed by atoms with Crippen LogP contribution in [0.1, 0.15) is 12.8 Å². The number of ether oxygens (including phenoxy) is 1. The van der Waals surface area contributed by atoms with E-state index in [2.05, 4.69) is 20.8 Å². The number of aromatic nitrogens is 4. The summed E-state index contributed by atoms with van der Waals surface area (Å²) in [4.78, 5) is 12.8. The SMILES string of the molecule is COc1ccccc1NC(=O)C1CCN(S(=O)(=O)c2cccc(-n3cnnn3)c2)CC1. The van der Waals surface area contributed by atoms with Gasteiger partial charge in [0, 0.05) is 19.0 Å². The number of nitrogens with one attached hydrogen (secondary N) is 1. The van der Waals surface area contributed by atoms with Gasteiger partial charge in [0.05, 0.1) is 23.4 Å². The smallest absolute Gasteiger partial charge is 0.243 e. The van der Waals surface area contributed by atoms with Crippen molar-refractivity contribution >= 4 is 21.6 Å². The second-order valence-corrected chi connectivity index (χ2v) is 9.06. The van der Waals surface area contributed by atoms with E-state index in [0.717, 1.165) is 0 Å². The van der Waals surface area contributed by atoms with Gasteiger partial charge in [-0.25, -0.2) is 13.1 Å². The molecule has 1 aliphatic rings. The van der Waals surface area contributed by atoms with Gasteiger partial charge in [-0.05, 0) is 53.6 Å². The molecule has 0 radical (unpaired) electrons. The van der Waals surface area contributed by atoms with Crippen LogP contribution in [0.3, 0.4) is 0 Å². The van der Waals surface area contributed by atoms with Crippen LogP contribution in [0.15, 0.2) is 59.8 Å². The van der Waals surface area contributed by atoms with Gasteiger partial charge in [0.2, 0.25) is 15.9 Å². The molecule has 1 saturated heterocycles. The van der Waals surface area contributed by atoms with Gasteiger partial charge >= 0.3 is 0 Å². The topological polar surface area (TPSA) is 119 Å². The Hall–Kier alpha value is -3.31. The van der Waals surface area contributed by atoms with Crippen LogP contribution in [0.2, 0.25) is 0 Å². The fraction of sp³-hybridized carbons (Fsp3) is 0.300. The van der Waals surface area contributed by atoms with Crippen molar-refractivity contribution in [1.29, 1.82) is 0 Å². The molecule has 3 aromatic rings. The number of carbonyl (C=O) groups is 1. The molecule has 31 heavy (non-hydrogen) atoms. The zero-order valence-electron chi connectivity index (χ0n) is 16.9. The van der Waals surface area contributed by atoms with Crippen molar-refractivity contribution in [2.45, 2.75) is 17.7 Å². The van der Waals surface area contributed by atoms with Crippen molar-refractivity contribution in [1.82, 2.24) is 24.5 Å². The third kappa shape index (κ3) is 4.42. The van der Waals surface area contributed by atoms with Crippen molar-refractivity contribution < 1.29 is 17.9 Å². The van der Waals surface area contributed by atoms with Crippen LogP contribution in [0.4, 0.5) is 5.69 Å². The number of benzene rings is 2. The van der Waals surface area contributed by atoms with Crippen LogP contribution < -0.4 is 10.1 Å². The molecule has 0 saturated carbocycles. The van der Waals surface area contributed by atoms with Crippen molar-refractivity contribution in [3.05, 3.63) is 54.9 Å². The van der Waals surface area contributed by atoms with Crippen LogP contribution in [-0.4, -0.2) is 59.0 Å². The molecule has 1 N–H and O–H groups in total. The number of tetrazole rings is 1. The molecule has 0 bridgehead atoms. The largest absolute Gasteiger partial charge is 0.495 e. The summed E-state index contributed by atoms with van der Waals surface area (Å²) in [5, 5.41) is 13.8. The van der Waals surface area contributed by atoms with E-state index in [4.69, 9.17) is 4.74 Å². The molecule has 0 aliphatic carbocycles. The first-order chi connectivity index (χ1) is 15.0. The number of nitrogens with zero attached hydrogens (tertiary/aromatic N) is 5. The average molecular weight is 443 g/mol. The Morgan fingerprint density at radius 3 is 2.61 bits per heavy atom. The Morgan fingerprint density at radius 2 is 1.90 bits per heavy atom. The minimum absolute atomic E-state index is 0.137. The summed E-state index contributed by atoms with van der Waals surface area (Å²) in [5.41, 5.74) is 1.15. The molecule has 0 unspecified atom stereocenters. The zero-order valence-corrected chi connectivity index (χ0v) is 17.7. The van der Waals surface area contributed by atoms with E-state index in [9.17, 15) is 13.2 Å². The van der Waals surface area contributed by atoms with Gasteiger partial charge in [-0.2, -0.15) is 4.31 Å². The fourth-order valence-electron chi connectivity index (χ4n) is 3.56. The number of sulfonamides is 1. The summed E-state index contributed by atoms with van der Waals surface area (Å²) >= 11 is 0. The van der Waals surface area contributed by atoms with Crippen molar-refractivity contribution in [2.75, 3.05) is 25.5 Å². The van der Waals surface area contributed by atoms with E-state index in [0.29, 0.717) is 30.0 Å². The summed E-state index contributed by atoms with van der Waals surface area (Å²) in [7, 11) is -2.15. The van der Waals surface area contributed by atoms with Gasteiger partial charge in [0.15, 0.2) is 0 Å². The lowest BCUT2D eigenvalue weighted by molar-refractivity contribution is -0.120. The minimum atomic E-state index is -3.69. The number of piperidine rings is 1. The molecular weight excluding hydrogens is 420 g/mol. The quantitative estimate of drug-likeness (QED) is 0.617. The molecule has 11 heteroatoms. The van der Waals surface area contributed by atoms with E-state index >= 15 is 0 Å². The predicted molar refractivity (Wildman–Crippen MR) is 112 cm³/mol. The third-order valence-corrected chi connectivity index (χ3v) is 7.15. The Kier molecular flexibility index (Phi) is 5.96. The van der Waals surface area contributed by atoms with E-state index < -0.39 is 10.0 Å². The molecule has 0 spiro atoms. The van der Waals surface area contributed by atoms with Crippen molar-refractivity contribution in [3.63, 3.8) is 0 Å². The van der Waals surface area contributed by atoms with Crippen LogP contribution in [0.5, 0.6) is 5.75 Å². The lowest BCUT2D eigenvalue weighted by atomic mass is 9.97. The molecule has 162 valence electrons. The van der Waals surface area contributed by atoms with Gasteiger partial charge in [-0.1, -0.05) is 18.2 Å².